The summed E-state index contributed by atoms with van der Waals surface area (Å²) in [6.45, 7) is 0.372. The zero-order valence-corrected chi connectivity index (χ0v) is 19.3. The molecule has 1 unspecified atom stereocenters. The van der Waals surface area contributed by atoms with Gasteiger partial charge in [0, 0.05) is 35.8 Å². The molecule has 9 nitrogen and oxygen atoms in total. The van der Waals surface area contributed by atoms with Crippen LogP contribution in [-0.4, -0.2) is 66.7 Å². The standard InChI is InChI=1S/C26H24N4O5/c1-34-18-10-16(11-19(13-18)35-2)27-25(32)28-14-17-12-22(28)23-24(31)30(26(33)29(17)23)21-9-5-7-15-6-3-4-8-20(15)21/h3-11,13,17,22-23H,12,14H2,1-2H3,(H,27,32)/t17-,22?,23-/m1/s1. The number of benzene rings is 3. The van der Waals surface area contributed by atoms with Crippen LogP contribution in [0.3, 0.4) is 0 Å². The molecule has 3 aliphatic heterocycles. The average molecular weight is 473 g/mol. The van der Waals surface area contributed by atoms with Gasteiger partial charge in [-0.1, -0.05) is 36.4 Å². The van der Waals surface area contributed by atoms with Crippen LogP contribution in [-0.2, 0) is 4.79 Å². The Balaban J connectivity index is 1.27. The van der Waals surface area contributed by atoms with Gasteiger partial charge in [0.15, 0.2) is 0 Å². The third-order valence-electron chi connectivity index (χ3n) is 7.14. The lowest BCUT2D eigenvalue weighted by molar-refractivity contribution is -0.120. The number of anilines is 2. The maximum atomic E-state index is 13.6. The molecule has 178 valence electrons. The van der Waals surface area contributed by atoms with Gasteiger partial charge in [-0.2, -0.15) is 0 Å². The molecule has 0 aromatic heterocycles. The fourth-order valence-electron chi connectivity index (χ4n) is 5.59. The first-order valence-corrected chi connectivity index (χ1v) is 11.4. The van der Waals surface area contributed by atoms with E-state index in [-0.39, 0.29) is 30.1 Å². The van der Waals surface area contributed by atoms with E-state index in [4.69, 9.17) is 9.47 Å². The van der Waals surface area contributed by atoms with Crippen molar-refractivity contribution in [2.75, 3.05) is 31.0 Å². The lowest BCUT2D eigenvalue weighted by Gasteiger charge is -2.34. The minimum absolute atomic E-state index is 0.202. The fourth-order valence-corrected chi connectivity index (χ4v) is 5.59. The summed E-state index contributed by atoms with van der Waals surface area (Å²) in [5.74, 6) is 0.812. The molecule has 0 saturated carbocycles. The number of urea groups is 2. The molecule has 5 amide bonds. The number of likely N-dealkylation sites (tertiary alicyclic amines) is 1. The van der Waals surface area contributed by atoms with Crippen molar-refractivity contribution in [3.63, 3.8) is 0 Å². The van der Waals surface area contributed by atoms with E-state index in [2.05, 4.69) is 5.32 Å². The van der Waals surface area contributed by atoms with Gasteiger partial charge >= 0.3 is 12.1 Å². The van der Waals surface area contributed by atoms with Gasteiger partial charge in [-0.3, -0.25) is 4.79 Å². The predicted octanol–water partition coefficient (Wildman–Crippen LogP) is 3.68. The largest absolute Gasteiger partial charge is 0.497 e. The Morgan fingerprint density at radius 2 is 1.69 bits per heavy atom. The molecule has 3 fully saturated rings. The zero-order valence-electron chi connectivity index (χ0n) is 19.3. The minimum Gasteiger partial charge on any atom is -0.497 e. The van der Waals surface area contributed by atoms with Crippen molar-refractivity contribution in [2.45, 2.75) is 24.5 Å². The number of hydrogen-bond donors (Lipinski definition) is 1. The monoisotopic (exact) mass is 472 g/mol. The van der Waals surface area contributed by atoms with Crippen molar-refractivity contribution in [3.05, 3.63) is 60.7 Å². The van der Waals surface area contributed by atoms with E-state index in [9.17, 15) is 14.4 Å². The van der Waals surface area contributed by atoms with Crippen LogP contribution in [0.2, 0.25) is 0 Å². The molecule has 3 aliphatic rings. The molecule has 0 aliphatic carbocycles. The highest BCUT2D eigenvalue weighted by Gasteiger charge is 2.63. The van der Waals surface area contributed by atoms with Crippen molar-refractivity contribution < 1.29 is 23.9 Å². The van der Waals surface area contributed by atoms with Crippen LogP contribution in [0.4, 0.5) is 21.0 Å². The highest BCUT2D eigenvalue weighted by atomic mass is 16.5. The molecule has 2 bridgehead atoms. The molecular formula is C26H24N4O5. The Labute approximate surface area is 201 Å². The quantitative estimate of drug-likeness (QED) is 0.585. The molecule has 3 atom stereocenters. The lowest BCUT2D eigenvalue weighted by atomic mass is 10.1. The topological polar surface area (TPSA) is 91.4 Å². The van der Waals surface area contributed by atoms with Crippen molar-refractivity contribution in [1.82, 2.24) is 9.80 Å². The van der Waals surface area contributed by atoms with Gasteiger partial charge in [-0.15, -0.1) is 0 Å². The molecule has 3 aromatic carbocycles. The second-order valence-electron chi connectivity index (χ2n) is 8.95. The van der Waals surface area contributed by atoms with Gasteiger partial charge in [0.1, 0.15) is 17.5 Å². The number of fused-ring (bicyclic) bond motifs is 6. The van der Waals surface area contributed by atoms with E-state index in [0.29, 0.717) is 35.8 Å². The summed E-state index contributed by atoms with van der Waals surface area (Å²) in [7, 11) is 3.08. The molecule has 35 heavy (non-hydrogen) atoms. The Hall–Kier alpha value is -4.27. The van der Waals surface area contributed by atoms with Crippen molar-refractivity contribution in [3.8, 4) is 11.5 Å². The van der Waals surface area contributed by atoms with Gasteiger partial charge < -0.3 is 24.6 Å². The van der Waals surface area contributed by atoms with E-state index >= 15 is 0 Å². The summed E-state index contributed by atoms with van der Waals surface area (Å²) in [6.07, 6.45) is 0.584. The average Bonchev–Trinajstić information content (AvgIpc) is 3.54. The van der Waals surface area contributed by atoms with Gasteiger partial charge in [0.25, 0.3) is 5.91 Å². The first-order chi connectivity index (χ1) is 17.0. The van der Waals surface area contributed by atoms with Crippen molar-refractivity contribution in [1.29, 1.82) is 0 Å². The molecule has 9 heteroatoms. The van der Waals surface area contributed by atoms with Crippen molar-refractivity contribution >= 4 is 40.1 Å². The Kier molecular flexibility index (Phi) is 4.80. The van der Waals surface area contributed by atoms with Crippen LogP contribution in [0, 0.1) is 0 Å². The first-order valence-electron chi connectivity index (χ1n) is 11.4. The molecule has 6 rings (SSSR count). The summed E-state index contributed by atoms with van der Waals surface area (Å²) < 4.78 is 10.6. The number of amides is 5. The molecule has 3 heterocycles. The Bertz CT molecular complexity index is 1350. The number of ether oxygens (including phenoxy) is 2. The van der Waals surface area contributed by atoms with Crippen LogP contribution in [0.5, 0.6) is 11.5 Å². The van der Waals surface area contributed by atoms with Crippen LogP contribution >= 0.6 is 0 Å². The SMILES string of the molecule is COc1cc(NC(=O)N2C[C@H]3CC2[C@@H]2C(=O)N(c4cccc5ccccc45)C(=O)N32)cc(OC)c1. The molecular weight excluding hydrogens is 448 g/mol. The minimum atomic E-state index is -0.689. The Morgan fingerprint density at radius 3 is 2.43 bits per heavy atom. The highest BCUT2D eigenvalue weighted by molar-refractivity contribution is 6.25. The number of hydrogen-bond acceptors (Lipinski definition) is 5. The summed E-state index contributed by atoms with van der Waals surface area (Å²) in [5, 5.41) is 4.68. The van der Waals surface area contributed by atoms with Gasteiger partial charge in [-0.05, 0) is 17.9 Å². The number of piperazine rings is 1. The van der Waals surface area contributed by atoms with E-state index < -0.39 is 6.04 Å². The normalized spacial score (nSPS) is 22.7. The second kappa shape index (κ2) is 7.90. The second-order valence-corrected chi connectivity index (χ2v) is 8.95. The Morgan fingerprint density at radius 1 is 0.971 bits per heavy atom. The van der Waals surface area contributed by atoms with E-state index in [1.165, 1.54) is 4.90 Å². The van der Waals surface area contributed by atoms with Crippen LogP contribution in [0.15, 0.2) is 60.7 Å². The van der Waals surface area contributed by atoms with Gasteiger partial charge in [0.2, 0.25) is 0 Å². The summed E-state index contributed by atoms with van der Waals surface area (Å²) >= 11 is 0. The van der Waals surface area contributed by atoms with Crippen LogP contribution in [0.25, 0.3) is 10.8 Å². The van der Waals surface area contributed by atoms with Crippen molar-refractivity contribution in [2.24, 2.45) is 0 Å². The number of rotatable bonds is 4. The summed E-state index contributed by atoms with van der Waals surface area (Å²) in [4.78, 5) is 44.8. The molecule has 0 radical (unpaired) electrons. The third-order valence-corrected chi connectivity index (χ3v) is 7.14. The molecule has 0 spiro atoms. The fraction of sp³-hybridized carbons (Fsp3) is 0.269. The van der Waals surface area contributed by atoms with Crippen LogP contribution in [0.1, 0.15) is 6.42 Å². The summed E-state index contributed by atoms with van der Waals surface area (Å²) in [6, 6.07) is 16.5. The maximum absolute atomic E-state index is 13.6. The number of nitrogens with one attached hydrogen (secondary N) is 1. The third kappa shape index (κ3) is 3.18. The van der Waals surface area contributed by atoms with Gasteiger partial charge in [0.05, 0.1) is 32.0 Å². The van der Waals surface area contributed by atoms with E-state index in [1.807, 2.05) is 36.4 Å². The molecule has 3 saturated heterocycles. The molecule has 1 N–H and O–H groups in total. The highest BCUT2D eigenvalue weighted by Crippen LogP contribution is 2.43. The smallest absolute Gasteiger partial charge is 0.332 e. The number of carbonyl (C=O) groups excluding carboxylic acids is 3. The number of imide groups is 1. The van der Waals surface area contributed by atoms with Gasteiger partial charge in [-0.25, -0.2) is 14.5 Å². The zero-order chi connectivity index (χ0) is 24.3. The predicted molar refractivity (Wildman–Crippen MR) is 130 cm³/mol. The number of carbonyl (C=O) groups is 3. The molecule has 3 aromatic rings. The number of methoxy groups -OCH3 is 2. The van der Waals surface area contributed by atoms with E-state index in [0.717, 1.165) is 10.8 Å². The first kappa shape index (κ1) is 21.3. The van der Waals surface area contributed by atoms with E-state index in [1.54, 1.807) is 48.3 Å². The maximum Gasteiger partial charge on any atom is 0.332 e. The van der Waals surface area contributed by atoms with Crippen LogP contribution < -0.4 is 19.7 Å². The lowest BCUT2D eigenvalue weighted by Crippen LogP contribution is -2.55. The number of nitrogens with zero attached hydrogens (tertiary/aromatic N) is 3. The summed E-state index contributed by atoms with van der Waals surface area (Å²) in [5.41, 5.74) is 1.10.